The van der Waals surface area contributed by atoms with Crippen LogP contribution in [0.1, 0.15) is 39.8 Å². The molecular formula is C41H35N. The Bertz CT molecular complexity index is 1600. The number of rotatable bonds is 9. The van der Waals surface area contributed by atoms with Crippen LogP contribution in [-0.2, 0) is 12.8 Å². The summed E-state index contributed by atoms with van der Waals surface area (Å²) in [5.41, 5.74) is 11.2. The van der Waals surface area contributed by atoms with Crippen LogP contribution in [0.5, 0.6) is 0 Å². The van der Waals surface area contributed by atoms with Gasteiger partial charge in [-0.3, -0.25) is 0 Å². The van der Waals surface area contributed by atoms with Crippen molar-refractivity contribution in [2.45, 2.75) is 19.3 Å². The van der Waals surface area contributed by atoms with Gasteiger partial charge in [-0.2, -0.15) is 0 Å². The fraction of sp³-hybridized carbons (Fsp3) is 0.0732. The zero-order valence-corrected chi connectivity index (χ0v) is 23.8. The molecule has 0 amide bonds. The largest absolute Gasteiger partial charge is 0.310 e. The zero-order chi connectivity index (χ0) is 28.4. The number of nitrogens with zero attached hydrogens (tertiary/aromatic N) is 1. The Kier molecular flexibility index (Phi) is 8.68. The molecule has 0 N–H and O–H groups in total. The molecule has 0 aliphatic heterocycles. The van der Waals surface area contributed by atoms with Gasteiger partial charge in [-0.15, -0.1) is 0 Å². The molecule has 204 valence electrons. The highest BCUT2D eigenvalue weighted by molar-refractivity contribution is 5.78. The average Bonchev–Trinajstić information content (AvgIpc) is 3.52. The minimum atomic E-state index is 1.15. The van der Waals surface area contributed by atoms with Gasteiger partial charge in [-0.05, 0) is 89.0 Å². The monoisotopic (exact) mass is 541 g/mol. The summed E-state index contributed by atoms with van der Waals surface area (Å²) in [4.78, 5) is 2.37. The maximum absolute atomic E-state index is 2.38. The van der Waals surface area contributed by atoms with Gasteiger partial charge in [-0.25, -0.2) is 0 Å². The van der Waals surface area contributed by atoms with Gasteiger partial charge >= 0.3 is 0 Å². The number of anilines is 3. The van der Waals surface area contributed by atoms with Gasteiger partial charge in [0.05, 0.1) is 0 Å². The smallest absolute Gasteiger partial charge is 0.0464 e. The number of benzene rings is 5. The van der Waals surface area contributed by atoms with Crippen molar-refractivity contribution in [1.82, 2.24) is 0 Å². The fourth-order valence-electron chi connectivity index (χ4n) is 5.41. The summed E-state index contributed by atoms with van der Waals surface area (Å²) in [6.07, 6.45) is 20.5. The quantitative estimate of drug-likeness (QED) is 0.168. The van der Waals surface area contributed by atoms with Crippen molar-refractivity contribution in [2.24, 2.45) is 0 Å². The van der Waals surface area contributed by atoms with E-state index in [-0.39, 0.29) is 0 Å². The summed E-state index contributed by atoms with van der Waals surface area (Å²) >= 11 is 0. The standard InChI is InChI=1S/C41H35N/c1-3-12-33(13-4-1)16-7-9-18-35-22-27-39(28-23-35)42(41-31-26-37-20-11-21-38(37)32-41)40-29-24-36(25-30-40)19-10-8-17-34-14-5-2-6-15-34/h1-10,12-19,22-32H,11,20-21H2/b16-7+,17-8+,18-9+,19-10+. The van der Waals surface area contributed by atoms with E-state index < -0.39 is 0 Å². The Morgan fingerprint density at radius 3 is 1.26 bits per heavy atom. The SMILES string of the molecule is C(/C=C/c1ccc(N(c2ccc(/C=C/C=C/c3ccccc3)cc2)c2ccc3c(c2)CCC3)cc1)=C\c1ccccc1. The first-order valence-electron chi connectivity index (χ1n) is 14.7. The Balaban J connectivity index is 1.22. The molecule has 0 radical (unpaired) electrons. The first-order chi connectivity index (χ1) is 20.8. The Morgan fingerprint density at radius 1 is 0.381 bits per heavy atom. The van der Waals surface area contributed by atoms with E-state index in [4.69, 9.17) is 0 Å². The molecule has 0 saturated carbocycles. The van der Waals surface area contributed by atoms with Gasteiger partial charge < -0.3 is 4.90 Å². The first-order valence-corrected chi connectivity index (χ1v) is 14.7. The summed E-state index contributed by atoms with van der Waals surface area (Å²) in [6, 6.07) is 45.4. The fourth-order valence-corrected chi connectivity index (χ4v) is 5.41. The third-order valence-corrected chi connectivity index (χ3v) is 7.62. The average molecular weight is 542 g/mol. The van der Waals surface area contributed by atoms with Gasteiger partial charge in [0.2, 0.25) is 0 Å². The molecule has 0 fully saturated rings. The Hall–Kier alpha value is -5.14. The van der Waals surface area contributed by atoms with E-state index >= 15 is 0 Å². The lowest BCUT2D eigenvalue weighted by Crippen LogP contribution is -2.10. The van der Waals surface area contributed by atoms with Crippen LogP contribution in [-0.4, -0.2) is 0 Å². The van der Waals surface area contributed by atoms with Crippen molar-refractivity contribution in [3.8, 4) is 0 Å². The van der Waals surface area contributed by atoms with Gasteiger partial charge in [0.15, 0.2) is 0 Å². The number of allylic oxidation sites excluding steroid dienone is 4. The highest BCUT2D eigenvalue weighted by Gasteiger charge is 2.16. The molecule has 1 aliphatic rings. The molecule has 0 bridgehead atoms. The molecule has 1 aliphatic carbocycles. The van der Waals surface area contributed by atoms with E-state index in [1.165, 1.54) is 51.9 Å². The molecule has 0 saturated heterocycles. The molecule has 5 aromatic carbocycles. The van der Waals surface area contributed by atoms with Crippen LogP contribution in [0, 0.1) is 0 Å². The maximum atomic E-state index is 2.38. The molecular weight excluding hydrogens is 506 g/mol. The van der Waals surface area contributed by atoms with Crippen molar-refractivity contribution >= 4 is 41.4 Å². The lowest BCUT2D eigenvalue weighted by atomic mass is 10.1. The number of fused-ring (bicyclic) bond motifs is 1. The topological polar surface area (TPSA) is 3.24 Å². The molecule has 0 unspecified atom stereocenters. The molecule has 0 heterocycles. The van der Waals surface area contributed by atoms with E-state index in [0.29, 0.717) is 0 Å². The highest BCUT2D eigenvalue weighted by Crippen LogP contribution is 2.37. The van der Waals surface area contributed by atoms with Crippen molar-refractivity contribution in [3.63, 3.8) is 0 Å². The molecule has 1 nitrogen and oxygen atoms in total. The van der Waals surface area contributed by atoms with Crippen molar-refractivity contribution in [2.75, 3.05) is 4.90 Å². The molecule has 5 aromatic rings. The number of hydrogen-bond donors (Lipinski definition) is 0. The third-order valence-electron chi connectivity index (χ3n) is 7.62. The summed E-state index contributed by atoms with van der Waals surface area (Å²) < 4.78 is 0. The van der Waals surface area contributed by atoms with E-state index in [0.717, 1.165) is 17.8 Å². The zero-order valence-electron chi connectivity index (χ0n) is 23.8. The molecule has 1 heteroatoms. The molecule has 6 rings (SSSR count). The molecule has 42 heavy (non-hydrogen) atoms. The number of aryl methyl sites for hydroxylation is 2. The second-order valence-electron chi connectivity index (χ2n) is 10.6. The van der Waals surface area contributed by atoms with E-state index in [1.54, 1.807) is 0 Å². The second kappa shape index (κ2) is 13.5. The second-order valence-corrected chi connectivity index (χ2v) is 10.6. The predicted molar refractivity (Wildman–Crippen MR) is 182 cm³/mol. The van der Waals surface area contributed by atoms with Crippen molar-refractivity contribution < 1.29 is 0 Å². The van der Waals surface area contributed by atoms with Gasteiger partial charge in [0, 0.05) is 17.1 Å². The van der Waals surface area contributed by atoms with Gasteiger partial charge in [-0.1, -0.05) is 140 Å². The maximum Gasteiger partial charge on any atom is 0.0464 e. The summed E-state index contributed by atoms with van der Waals surface area (Å²) in [5.74, 6) is 0. The minimum absolute atomic E-state index is 1.15. The van der Waals surface area contributed by atoms with E-state index in [9.17, 15) is 0 Å². The molecule has 0 atom stereocenters. The summed E-state index contributed by atoms with van der Waals surface area (Å²) in [6.45, 7) is 0. The first kappa shape index (κ1) is 27.1. The Morgan fingerprint density at radius 2 is 0.786 bits per heavy atom. The van der Waals surface area contributed by atoms with Crippen LogP contribution < -0.4 is 4.90 Å². The van der Waals surface area contributed by atoms with Crippen LogP contribution >= 0.6 is 0 Å². The van der Waals surface area contributed by atoms with Crippen molar-refractivity contribution in [3.05, 3.63) is 185 Å². The van der Waals surface area contributed by atoms with Crippen LogP contribution in [0.2, 0.25) is 0 Å². The van der Waals surface area contributed by atoms with Crippen LogP contribution in [0.3, 0.4) is 0 Å². The third kappa shape index (κ3) is 6.95. The number of hydrogen-bond acceptors (Lipinski definition) is 1. The van der Waals surface area contributed by atoms with E-state index in [2.05, 4.69) is 169 Å². The normalized spacial score (nSPS) is 13.0. The highest BCUT2D eigenvalue weighted by atomic mass is 15.1. The minimum Gasteiger partial charge on any atom is -0.310 e. The van der Waals surface area contributed by atoms with E-state index in [1.807, 2.05) is 12.1 Å². The van der Waals surface area contributed by atoms with Crippen LogP contribution in [0.15, 0.2) is 152 Å². The summed E-state index contributed by atoms with van der Waals surface area (Å²) in [7, 11) is 0. The molecule has 0 aromatic heterocycles. The van der Waals surface area contributed by atoms with Crippen LogP contribution in [0.4, 0.5) is 17.1 Å². The van der Waals surface area contributed by atoms with Crippen LogP contribution in [0.25, 0.3) is 24.3 Å². The lowest BCUT2D eigenvalue weighted by molar-refractivity contribution is 0.912. The molecule has 0 spiro atoms. The van der Waals surface area contributed by atoms with Crippen molar-refractivity contribution in [1.29, 1.82) is 0 Å². The predicted octanol–water partition coefficient (Wildman–Crippen LogP) is 11.1. The lowest BCUT2D eigenvalue weighted by Gasteiger charge is -2.26. The Labute approximate surface area is 250 Å². The summed E-state index contributed by atoms with van der Waals surface area (Å²) in [5, 5.41) is 0. The van der Waals surface area contributed by atoms with Gasteiger partial charge in [0.1, 0.15) is 0 Å². The van der Waals surface area contributed by atoms with Gasteiger partial charge in [0.25, 0.3) is 0 Å².